The van der Waals surface area contributed by atoms with Gasteiger partial charge in [-0.1, -0.05) is 30.3 Å². The maximum atomic E-state index is 12.6. The molecule has 0 saturated carbocycles. The fourth-order valence-electron chi connectivity index (χ4n) is 2.75. The van der Waals surface area contributed by atoms with Crippen molar-refractivity contribution < 1.29 is 4.79 Å². The van der Waals surface area contributed by atoms with E-state index in [0.717, 1.165) is 28.0 Å². The van der Waals surface area contributed by atoms with E-state index in [1.54, 1.807) is 17.1 Å². The fourth-order valence-corrected chi connectivity index (χ4v) is 3.08. The van der Waals surface area contributed by atoms with Crippen LogP contribution in [0.1, 0.15) is 27.3 Å². The highest BCUT2D eigenvalue weighted by Gasteiger charge is 2.16. The summed E-state index contributed by atoms with van der Waals surface area (Å²) in [6.07, 6.45) is 3.49. The van der Waals surface area contributed by atoms with Crippen LogP contribution in [0.4, 0.5) is 0 Å². The van der Waals surface area contributed by atoms with Gasteiger partial charge >= 0.3 is 0 Å². The van der Waals surface area contributed by atoms with E-state index in [0.29, 0.717) is 0 Å². The molecule has 0 aliphatic carbocycles. The molecule has 0 bridgehead atoms. The van der Waals surface area contributed by atoms with Gasteiger partial charge in [0.15, 0.2) is 5.78 Å². The average Bonchev–Trinajstić information content (AvgIpc) is 3.06. The summed E-state index contributed by atoms with van der Waals surface area (Å²) in [7, 11) is 0. The Morgan fingerprint density at radius 3 is 2.61 bits per heavy atom. The third-order valence-electron chi connectivity index (χ3n) is 3.96. The van der Waals surface area contributed by atoms with Gasteiger partial charge in [-0.2, -0.15) is 5.10 Å². The molecule has 0 aliphatic rings. The van der Waals surface area contributed by atoms with Gasteiger partial charge in [0.1, 0.15) is 6.54 Å². The third-order valence-corrected chi connectivity index (χ3v) is 4.37. The van der Waals surface area contributed by atoms with E-state index in [9.17, 15) is 4.79 Å². The number of ketones is 1. The number of aromatic nitrogens is 3. The standard InChI is InChI=1S/C18H18BrN3O/c1-13-8-17(18(23)12-21-11-16(19)9-20-21)14(2)22(13)10-15-6-4-3-5-7-15/h3-9,11H,10,12H2,1-2H3. The number of Topliss-reactive ketones (excluding diaryl/α,β-unsaturated/α-hetero) is 1. The average molecular weight is 372 g/mol. The summed E-state index contributed by atoms with van der Waals surface area (Å²) in [5.41, 5.74) is 4.09. The van der Waals surface area contributed by atoms with Gasteiger partial charge in [-0.05, 0) is 41.4 Å². The van der Waals surface area contributed by atoms with Crippen molar-refractivity contribution in [3.63, 3.8) is 0 Å². The molecule has 0 saturated heterocycles. The molecule has 23 heavy (non-hydrogen) atoms. The van der Waals surface area contributed by atoms with Crippen molar-refractivity contribution in [2.75, 3.05) is 0 Å². The molecule has 5 heteroatoms. The summed E-state index contributed by atoms with van der Waals surface area (Å²) in [6, 6.07) is 12.2. The van der Waals surface area contributed by atoms with Crippen molar-refractivity contribution in [1.29, 1.82) is 0 Å². The Bertz CT molecular complexity index is 833. The van der Waals surface area contributed by atoms with E-state index in [2.05, 4.69) is 37.7 Å². The number of hydrogen-bond donors (Lipinski definition) is 0. The van der Waals surface area contributed by atoms with Crippen LogP contribution in [-0.4, -0.2) is 20.1 Å². The molecule has 0 amide bonds. The van der Waals surface area contributed by atoms with Gasteiger partial charge in [-0.25, -0.2) is 0 Å². The maximum Gasteiger partial charge on any atom is 0.186 e. The van der Waals surface area contributed by atoms with E-state index in [1.807, 2.05) is 38.1 Å². The van der Waals surface area contributed by atoms with Gasteiger partial charge in [0.25, 0.3) is 0 Å². The summed E-state index contributed by atoms with van der Waals surface area (Å²) >= 11 is 3.35. The van der Waals surface area contributed by atoms with Crippen LogP contribution in [-0.2, 0) is 13.1 Å². The van der Waals surface area contributed by atoms with E-state index in [1.165, 1.54) is 5.56 Å². The molecule has 0 atom stereocenters. The normalized spacial score (nSPS) is 10.9. The van der Waals surface area contributed by atoms with Gasteiger partial charge < -0.3 is 4.57 Å². The molecule has 0 fully saturated rings. The molecule has 4 nitrogen and oxygen atoms in total. The quantitative estimate of drug-likeness (QED) is 0.636. The van der Waals surface area contributed by atoms with Crippen molar-refractivity contribution in [2.45, 2.75) is 26.9 Å². The molecule has 0 radical (unpaired) electrons. The largest absolute Gasteiger partial charge is 0.344 e. The van der Waals surface area contributed by atoms with Crippen LogP contribution in [0.25, 0.3) is 0 Å². The minimum absolute atomic E-state index is 0.0769. The molecule has 0 spiro atoms. The molecule has 2 heterocycles. The Morgan fingerprint density at radius 2 is 1.96 bits per heavy atom. The topological polar surface area (TPSA) is 39.8 Å². The van der Waals surface area contributed by atoms with E-state index in [4.69, 9.17) is 0 Å². The molecule has 3 rings (SSSR count). The van der Waals surface area contributed by atoms with E-state index >= 15 is 0 Å². The van der Waals surface area contributed by atoms with Crippen LogP contribution in [0.3, 0.4) is 0 Å². The zero-order chi connectivity index (χ0) is 16.4. The van der Waals surface area contributed by atoms with Gasteiger partial charge in [0.2, 0.25) is 0 Å². The summed E-state index contributed by atoms with van der Waals surface area (Å²) in [5.74, 6) is 0.0769. The predicted octanol–water partition coefficient (Wildman–Crippen LogP) is 4.00. The van der Waals surface area contributed by atoms with Crippen molar-refractivity contribution >= 4 is 21.7 Å². The van der Waals surface area contributed by atoms with Gasteiger partial charge in [0.05, 0.1) is 10.7 Å². The summed E-state index contributed by atoms with van der Waals surface area (Å²) < 4.78 is 4.71. The van der Waals surface area contributed by atoms with Crippen molar-refractivity contribution in [3.8, 4) is 0 Å². The lowest BCUT2D eigenvalue weighted by Crippen LogP contribution is -2.12. The second kappa shape index (κ2) is 6.54. The first-order chi connectivity index (χ1) is 11.0. The summed E-state index contributed by atoms with van der Waals surface area (Å²) in [4.78, 5) is 12.6. The number of carbonyl (C=O) groups excluding carboxylic acids is 1. The first-order valence-electron chi connectivity index (χ1n) is 7.46. The molecule has 2 aromatic heterocycles. The predicted molar refractivity (Wildman–Crippen MR) is 93.7 cm³/mol. The molecular weight excluding hydrogens is 354 g/mol. The highest BCUT2D eigenvalue weighted by molar-refractivity contribution is 9.10. The van der Waals surface area contributed by atoms with E-state index < -0.39 is 0 Å². The molecule has 0 unspecified atom stereocenters. The van der Waals surface area contributed by atoms with Gasteiger partial charge in [-0.15, -0.1) is 0 Å². The number of rotatable bonds is 5. The lowest BCUT2D eigenvalue weighted by Gasteiger charge is -2.10. The summed E-state index contributed by atoms with van der Waals surface area (Å²) in [6.45, 7) is 5.07. The first-order valence-corrected chi connectivity index (χ1v) is 8.25. The van der Waals surface area contributed by atoms with Gasteiger partial charge in [-0.3, -0.25) is 9.48 Å². The molecule has 0 aliphatic heterocycles. The maximum absolute atomic E-state index is 12.6. The smallest absolute Gasteiger partial charge is 0.186 e. The highest BCUT2D eigenvalue weighted by Crippen LogP contribution is 2.18. The number of benzene rings is 1. The van der Waals surface area contributed by atoms with Crippen LogP contribution in [0.2, 0.25) is 0 Å². The Hall–Kier alpha value is -2.14. The zero-order valence-corrected chi connectivity index (χ0v) is 14.7. The number of carbonyl (C=O) groups is 1. The molecular formula is C18H18BrN3O. The van der Waals surface area contributed by atoms with Crippen LogP contribution in [0.5, 0.6) is 0 Å². The Kier molecular flexibility index (Phi) is 4.48. The molecule has 118 valence electrons. The highest BCUT2D eigenvalue weighted by atomic mass is 79.9. The van der Waals surface area contributed by atoms with Crippen molar-refractivity contribution in [3.05, 3.63) is 75.8 Å². The van der Waals surface area contributed by atoms with Crippen LogP contribution >= 0.6 is 15.9 Å². The number of nitrogens with zero attached hydrogens (tertiary/aromatic N) is 3. The van der Waals surface area contributed by atoms with Crippen LogP contribution < -0.4 is 0 Å². The number of hydrogen-bond acceptors (Lipinski definition) is 2. The van der Waals surface area contributed by atoms with E-state index in [-0.39, 0.29) is 12.3 Å². The SMILES string of the molecule is Cc1cc(C(=O)Cn2cc(Br)cn2)c(C)n1Cc1ccccc1. The fraction of sp³-hybridized carbons (Fsp3) is 0.222. The molecule has 1 aromatic carbocycles. The molecule has 3 aromatic rings. The zero-order valence-electron chi connectivity index (χ0n) is 13.2. The number of aryl methyl sites for hydroxylation is 1. The molecule has 0 N–H and O–H groups in total. The minimum Gasteiger partial charge on any atom is -0.344 e. The first kappa shape index (κ1) is 15.7. The number of halogens is 1. The Balaban J connectivity index is 1.83. The second-order valence-electron chi connectivity index (χ2n) is 5.64. The Morgan fingerprint density at radius 1 is 1.22 bits per heavy atom. The van der Waals surface area contributed by atoms with Gasteiger partial charge in [0, 0.05) is 29.7 Å². The monoisotopic (exact) mass is 371 g/mol. The minimum atomic E-state index is 0.0769. The summed E-state index contributed by atoms with van der Waals surface area (Å²) in [5, 5.41) is 4.15. The lowest BCUT2D eigenvalue weighted by molar-refractivity contribution is 0.0967. The van der Waals surface area contributed by atoms with Crippen LogP contribution in [0.15, 0.2) is 53.3 Å². The van der Waals surface area contributed by atoms with Crippen molar-refractivity contribution in [2.24, 2.45) is 0 Å². The lowest BCUT2D eigenvalue weighted by atomic mass is 10.1. The Labute approximate surface area is 143 Å². The van der Waals surface area contributed by atoms with Crippen LogP contribution in [0, 0.1) is 13.8 Å². The third kappa shape index (κ3) is 3.45. The second-order valence-corrected chi connectivity index (χ2v) is 6.55. The van der Waals surface area contributed by atoms with Crippen molar-refractivity contribution in [1.82, 2.24) is 14.3 Å².